The number of hydrogen-bond acceptors (Lipinski definition) is 6. The molecule has 2 aliphatic rings. The number of piperidine rings is 1. The molecule has 2 fully saturated rings. The van der Waals surface area contributed by atoms with E-state index < -0.39 is 0 Å². The number of carbonyl (C=O) groups excluding carboxylic acids is 2. The summed E-state index contributed by atoms with van der Waals surface area (Å²) in [5.41, 5.74) is 2.05. The second-order valence-corrected chi connectivity index (χ2v) is 9.10. The second kappa shape index (κ2) is 8.35. The summed E-state index contributed by atoms with van der Waals surface area (Å²) >= 11 is 0. The largest absolute Gasteiger partial charge is 0.449 e. The van der Waals surface area contributed by atoms with Crippen molar-refractivity contribution in [2.75, 3.05) is 25.0 Å². The average Bonchev–Trinajstić information content (AvgIpc) is 3.28. The van der Waals surface area contributed by atoms with E-state index in [4.69, 9.17) is 4.42 Å². The first-order valence-electron chi connectivity index (χ1n) is 11.2. The van der Waals surface area contributed by atoms with Crippen molar-refractivity contribution in [3.63, 3.8) is 0 Å². The van der Waals surface area contributed by atoms with E-state index in [1.807, 2.05) is 30.0 Å². The van der Waals surface area contributed by atoms with Gasteiger partial charge in [0.1, 0.15) is 11.5 Å². The van der Waals surface area contributed by atoms with Gasteiger partial charge in [-0.25, -0.2) is 4.98 Å². The molecule has 5 rings (SSSR count). The van der Waals surface area contributed by atoms with Gasteiger partial charge < -0.3 is 20.0 Å². The lowest BCUT2D eigenvalue weighted by Crippen LogP contribution is -2.40. The zero-order valence-electron chi connectivity index (χ0n) is 18.6. The van der Waals surface area contributed by atoms with Crippen molar-refractivity contribution in [2.45, 2.75) is 26.2 Å². The van der Waals surface area contributed by atoms with Gasteiger partial charge in [-0.15, -0.1) is 0 Å². The zero-order valence-corrected chi connectivity index (χ0v) is 18.6. The lowest BCUT2D eigenvalue weighted by Gasteiger charge is -2.33. The van der Waals surface area contributed by atoms with Crippen LogP contribution in [0.15, 0.2) is 59.4 Å². The van der Waals surface area contributed by atoms with Crippen molar-refractivity contribution < 1.29 is 14.0 Å². The van der Waals surface area contributed by atoms with Gasteiger partial charge >= 0.3 is 0 Å². The first-order valence-corrected chi connectivity index (χ1v) is 11.2. The highest BCUT2D eigenvalue weighted by atomic mass is 16.3. The fourth-order valence-corrected chi connectivity index (χ4v) is 4.79. The minimum atomic E-state index is -0.199. The third kappa shape index (κ3) is 4.33. The van der Waals surface area contributed by atoms with Gasteiger partial charge in [0.25, 0.3) is 11.8 Å². The molecule has 4 heterocycles. The Morgan fingerprint density at radius 3 is 2.85 bits per heavy atom. The van der Waals surface area contributed by atoms with E-state index in [1.54, 1.807) is 24.5 Å². The number of hydrogen-bond donors (Lipinski definition) is 2. The van der Waals surface area contributed by atoms with Gasteiger partial charge in [-0.2, -0.15) is 0 Å². The maximum atomic E-state index is 12.9. The van der Waals surface area contributed by atoms with E-state index in [9.17, 15) is 9.59 Å². The van der Waals surface area contributed by atoms with Crippen LogP contribution in [0.3, 0.4) is 0 Å². The Bertz CT molecular complexity index is 1190. The monoisotopic (exact) mass is 445 g/mol. The van der Waals surface area contributed by atoms with Crippen LogP contribution < -0.4 is 10.6 Å². The molecule has 8 heteroatoms. The summed E-state index contributed by atoms with van der Waals surface area (Å²) < 4.78 is 5.60. The highest BCUT2D eigenvalue weighted by Gasteiger charge is 2.54. The van der Waals surface area contributed by atoms with Gasteiger partial charge in [0.05, 0.1) is 6.20 Å². The molecule has 2 amide bonds. The van der Waals surface area contributed by atoms with Crippen molar-refractivity contribution >= 4 is 28.6 Å². The number of aromatic nitrogens is 2. The predicted molar refractivity (Wildman–Crippen MR) is 125 cm³/mol. The number of nitrogens with zero attached hydrogens (tertiary/aromatic N) is 3. The van der Waals surface area contributed by atoms with E-state index in [2.05, 4.69) is 27.2 Å². The van der Waals surface area contributed by atoms with Crippen molar-refractivity contribution in [3.8, 4) is 0 Å². The average molecular weight is 446 g/mol. The van der Waals surface area contributed by atoms with Crippen LogP contribution in [-0.2, 0) is 0 Å². The van der Waals surface area contributed by atoms with E-state index in [0.717, 1.165) is 30.3 Å². The minimum Gasteiger partial charge on any atom is -0.449 e. The quantitative estimate of drug-likeness (QED) is 0.598. The molecule has 0 radical (unpaired) electrons. The number of nitrogens with one attached hydrogen (secondary N) is 2. The normalized spacial score (nSPS) is 18.8. The van der Waals surface area contributed by atoms with Crippen LogP contribution in [-0.4, -0.2) is 46.3 Å². The van der Waals surface area contributed by atoms with Crippen LogP contribution in [0.25, 0.3) is 11.0 Å². The molecular weight excluding hydrogens is 418 g/mol. The second-order valence-electron chi connectivity index (χ2n) is 9.10. The molecule has 1 aliphatic heterocycles. The zero-order chi connectivity index (χ0) is 23.0. The Morgan fingerprint density at radius 1 is 1.27 bits per heavy atom. The van der Waals surface area contributed by atoms with Crippen LogP contribution in [0.2, 0.25) is 0 Å². The summed E-state index contributed by atoms with van der Waals surface area (Å²) in [6.07, 6.45) is 6.25. The van der Waals surface area contributed by atoms with E-state index in [0.29, 0.717) is 48.4 Å². The lowest BCUT2D eigenvalue weighted by atomic mass is 9.90. The standard InChI is InChI=1S/C25H27N5O3/c1-16(2)28-22-5-3-4-19(29-22)24(32)30-10-7-25(8-11-30)13-18(25)14-27-23(31)20-12-17-6-9-26-15-21(17)33-20/h3-6,9,12,15,18H,1,7-8,10-11,13-14H2,2H3,(H,27,31)(H,28,29). The molecule has 3 aromatic heterocycles. The van der Waals surface area contributed by atoms with Gasteiger partial charge in [-0.1, -0.05) is 12.6 Å². The molecule has 2 N–H and O–H groups in total. The third-order valence-electron chi connectivity index (χ3n) is 6.77. The molecule has 1 saturated heterocycles. The van der Waals surface area contributed by atoms with Gasteiger partial charge in [0, 0.05) is 36.9 Å². The molecule has 8 nitrogen and oxygen atoms in total. The van der Waals surface area contributed by atoms with Crippen LogP contribution in [0.4, 0.5) is 5.82 Å². The maximum absolute atomic E-state index is 12.9. The number of pyridine rings is 2. The number of furan rings is 1. The van der Waals surface area contributed by atoms with Crippen molar-refractivity contribution in [1.82, 2.24) is 20.2 Å². The van der Waals surface area contributed by atoms with Crippen molar-refractivity contribution in [1.29, 1.82) is 0 Å². The number of likely N-dealkylation sites (tertiary alicyclic amines) is 1. The maximum Gasteiger partial charge on any atom is 0.287 e. The highest BCUT2D eigenvalue weighted by molar-refractivity contribution is 5.96. The Kier molecular flexibility index (Phi) is 5.36. The molecule has 3 aromatic rings. The Morgan fingerprint density at radius 2 is 2.09 bits per heavy atom. The molecule has 170 valence electrons. The highest BCUT2D eigenvalue weighted by Crippen LogP contribution is 2.59. The van der Waals surface area contributed by atoms with Crippen LogP contribution >= 0.6 is 0 Å². The van der Waals surface area contributed by atoms with Gasteiger partial charge in [0.2, 0.25) is 0 Å². The minimum absolute atomic E-state index is 0.0416. The summed E-state index contributed by atoms with van der Waals surface area (Å²) in [7, 11) is 0. The summed E-state index contributed by atoms with van der Waals surface area (Å²) in [5.74, 6) is 1.13. The summed E-state index contributed by atoms with van der Waals surface area (Å²) in [6, 6.07) is 8.97. The van der Waals surface area contributed by atoms with Crippen LogP contribution in [0.5, 0.6) is 0 Å². The Hall–Kier alpha value is -3.68. The number of anilines is 1. The number of amides is 2. The van der Waals surface area contributed by atoms with E-state index in [1.165, 1.54) is 0 Å². The molecule has 1 unspecified atom stereocenters. The number of carbonyl (C=O) groups is 2. The van der Waals surface area contributed by atoms with Crippen LogP contribution in [0.1, 0.15) is 47.2 Å². The third-order valence-corrected chi connectivity index (χ3v) is 6.77. The number of fused-ring (bicyclic) bond motifs is 1. The van der Waals surface area contributed by atoms with Gasteiger partial charge in [-0.05, 0) is 61.8 Å². The van der Waals surface area contributed by atoms with Crippen molar-refractivity contribution in [3.05, 3.63) is 66.5 Å². The Balaban J connectivity index is 1.13. The van der Waals surface area contributed by atoms with Gasteiger partial charge in [-0.3, -0.25) is 14.6 Å². The summed E-state index contributed by atoms with van der Waals surface area (Å²) in [4.78, 5) is 35.8. The van der Waals surface area contributed by atoms with Gasteiger partial charge in [0.15, 0.2) is 11.3 Å². The summed E-state index contributed by atoms with van der Waals surface area (Å²) in [5, 5.41) is 6.94. The van der Waals surface area contributed by atoms with Crippen LogP contribution in [0, 0.1) is 11.3 Å². The topological polar surface area (TPSA) is 100 Å². The molecule has 0 bridgehead atoms. The Labute approximate surface area is 192 Å². The first-order chi connectivity index (χ1) is 15.9. The van der Waals surface area contributed by atoms with E-state index >= 15 is 0 Å². The first kappa shape index (κ1) is 21.2. The molecular formula is C25H27N5O3. The molecule has 0 aromatic carbocycles. The molecule has 1 spiro atoms. The molecule has 1 saturated carbocycles. The molecule has 1 atom stereocenters. The predicted octanol–water partition coefficient (Wildman–Crippen LogP) is 3.84. The molecule has 1 aliphatic carbocycles. The smallest absolute Gasteiger partial charge is 0.287 e. The SMILES string of the molecule is C=C(C)Nc1cccc(C(=O)N2CCC3(CC2)CC3CNC(=O)c2cc3ccncc3o2)n1. The number of rotatable bonds is 6. The summed E-state index contributed by atoms with van der Waals surface area (Å²) in [6.45, 7) is 7.71. The molecule has 33 heavy (non-hydrogen) atoms. The fraction of sp³-hybridized carbons (Fsp3) is 0.360. The van der Waals surface area contributed by atoms with Crippen molar-refractivity contribution in [2.24, 2.45) is 11.3 Å². The lowest BCUT2D eigenvalue weighted by molar-refractivity contribution is 0.0663. The fourth-order valence-electron chi connectivity index (χ4n) is 4.79. The van der Waals surface area contributed by atoms with E-state index in [-0.39, 0.29) is 17.2 Å². The number of allylic oxidation sites excluding steroid dienone is 1.